The average molecular weight is 257 g/mol. The second-order valence-electron chi connectivity index (χ2n) is 2.75. The van der Waals surface area contributed by atoms with E-state index in [9.17, 15) is 0 Å². The lowest BCUT2D eigenvalue weighted by atomic mass is 10.3. The van der Waals surface area contributed by atoms with Crippen LogP contribution in [0.5, 0.6) is 0 Å². The molecule has 2 aromatic rings. The number of hydrogen-bond acceptors (Lipinski definition) is 3. The maximum atomic E-state index is 4.48. The molecule has 2 rings (SSSR count). The van der Waals surface area contributed by atoms with Crippen LogP contribution in [-0.2, 0) is 6.54 Å². The molecule has 2 nitrogen and oxygen atoms in total. The Morgan fingerprint density at radius 3 is 3.15 bits per heavy atom. The van der Waals surface area contributed by atoms with Crippen LogP contribution in [0.3, 0.4) is 0 Å². The first-order valence-electron chi connectivity index (χ1n) is 3.99. The lowest BCUT2D eigenvalue weighted by Gasteiger charge is -1.88. The highest BCUT2D eigenvalue weighted by Crippen LogP contribution is 2.25. The van der Waals surface area contributed by atoms with Gasteiger partial charge >= 0.3 is 0 Å². The zero-order chi connectivity index (χ0) is 9.26. The molecule has 1 heterocycles. The van der Waals surface area contributed by atoms with Crippen molar-refractivity contribution in [3.63, 3.8) is 0 Å². The smallest absolute Gasteiger partial charge is 0.108 e. The maximum Gasteiger partial charge on any atom is 0.108 e. The summed E-state index contributed by atoms with van der Waals surface area (Å²) >= 11 is 5.18. The summed E-state index contributed by atoms with van der Waals surface area (Å²) in [6, 6.07) is 6.16. The van der Waals surface area contributed by atoms with Gasteiger partial charge in [0.25, 0.3) is 0 Å². The number of rotatable bonds is 2. The second kappa shape index (κ2) is 3.74. The van der Waals surface area contributed by atoms with Crippen LogP contribution in [0.4, 0.5) is 0 Å². The predicted octanol–water partition coefficient (Wildman–Crippen LogP) is 2.78. The number of fused-ring (bicyclic) bond motifs is 1. The predicted molar refractivity (Wildman–Crippen MR) is 60.1 cm³/mol. The zero-order valence-electron chi connectivity index (χ0n) is 7.17. The summed E-state index contributed by atoms with van der Waals surface area (Å²) < 4.78 is 2.35. The quantitative estimate of drug-likeness (QED) is 0.894. The van der Waals surface area contributed by atoms with Gasteiger partial charge < -0.3 is 5.32 Å². The van der Waals surface area contributed by atoms with E-state index in [0.29, 0.717) is 0 Å². The van der Waals surface area contributed by atoms with Gasteiger partial charge in [-0.25, -0.2) is 4.98 Å². The lowest BCUT2D eigenvalue weighted by molar-refractivity contribution is 0.812. The van der Waals surface area contributed by atoms with Gasteiger partial charge in [0.15, 0.2) is 0 Å². The van der Waals surface area contributed by atoms with Gasteiger partial charge in [-0.05, 0) is 25.2 Å². The third-order valence-electron chi connectivity index (χ3n) is 1.72. The van der Waals surface area contributed by atoms with Gasteiger partial charge in [-0.2, -0.15) is 0 Å². The van der Waals surface area contributed by atoms with Gasteiger partial charge in [0.05, 0.1) is 10.2 Å². The molecule has 1 aromatic carbocycles. The number of nitrogens with one attached hydrogen (secondary N) is 1. The average Bonchev–Trinajstić information content (AvgIpc) is 2.46. The van der Waals surface area contributed by atoms with Crippen LogP contribution in [0.1, 0.15) is 5.01 Å². The Hall–Kier alpha value is -0.450. The topological polar surface area (TPSA) is 24.9 Å². The standard InChI is InChI=1S/C9H9BrN2S/c1-11-5-9-12-7-3-2-6(10)4-8(7)13-9/h2-4,11H,5H2,1H3. The highest BCUT2D eigenvalue weighted by molar-refractivity contribution is 9.10. The van der Waals surface area contributed by atoms with Crippen molar-refractivity contribution in [1.82, 2.24) is 10.3 Å². The molecular formula is C9H9BrN2S. The molecule has 0 amide bonds. The maximum absolute atomic E-state index is 4.48. The fourth-order valence-electron chi connectivity index (χ4n) is 1.17. The van der Waals surface area contributed by atoms with E-state index in [4.69, 9.17) is 0 Å². The SMILES string of the molecule is CNCc1nc2ccc(Br)cc2s1. The van der Waals surface area contributed by atoms with E-state index in [0.717, 1.165) is 21.5 Å². The first kappa shape index (κ1) is 9.12. The minimum absolute atomic E-state index is 0.844. The molecule has 0 unspecified atom stereocenters. The van der Waals surface area contributed by atoms with Gasteiger partial charge in [0.2, 0.25) is 0 Å². The molecule has 13 heavy (non-hydrogen) atoms. The summed E-state index contributed by atoms with van der Waals surface area (Å²) in [4.78, 5) is 4.48. The van der Waals surface area contributed by atoms with Crippen LogP contribution in [-0.4, -0.2) is 12.0 Å². The van der Waals surface area contributed by atoms with Crippen molar-refractivity contribution < 1.29 is 0 Å². The van der Waals surface area contributed by atoms with E-state index in [2.05, 4.69) is 32.3 Å². The third kappa shape index (κ3) is 1.90. The minimum Gasteiger partial charge on any atom is -0.314 e. The van der Waals surface area contributed by atoms with Crippen molar-refractivity contribution in [2.75, 3.05) is 7.05 Å². The summed E-state index contributed by atoms with van der Waals surface area (Å²) in [7, 11) is 1.93. The highest BCUT2D eigenvalue weighted by Gasteiger charge is 2.02. The molecule has 0 radical (unpaired) electrons. The molecule has 0 spiro atoms. The fourth-order valence-corrected chi connectivity index (χ4v) is 2.70. The molecule has 0 saturated heterocycles. The summed E-state index contributed by atoms with van der Waals surface area (Å²) in [5.41, 5.74) is 1.08. The van der Waals surface area contributed by atoms with E-state index < -0.39 is 0 Å². The Balaban J connectivity index is 2.49. The first-order chi connectivity index (χ1) is 6.29. The van der Waals surface area contributed by atoms with E-state index >= 15 is 0 Å². The lowest BCUT2D eigenvalue weighted by Crippen LogP contribution is -2.03. The fraction of sp³-hybridized carbons (Fsp3) is 0.222. The molecule has 4 heteroatoms. The monoisotopic (exact) mass is 256 g/mol. The minimum atomic E-state index is 0.844. The Kier molecular flexibility index (Phi) is 2.62. The Bertz CT molecular complexity index is 424. The van der Waals surface area contributed by atoms with Crippen molar-refractivity contribution in [2.45, 2.75) is 6.54 Å². The van der Waals surface area contributed by atoms with Crippen LogP contribution in [0.15, 0.2) is 22.7 Å². The van der Waals surface area contributed by atoms with Gasteiger partial charge in [-0.15, -0.1) is 11.3 Å². The Labute approximate surface area is 89.1 Å². The third-order valence-corrected chi connectivity index (χ3v) is 3.23. The van der Waals surface area contributed by atoms with Gasteiger partial charge in [0, 0.05) is 11.0 Å². The molecule has 0 aliphatic rings. The van der Waals surface area contributed by atoms with Gasteiger partial charge in [-0.3, -0.25) is 0 Å². The van der Waals surface area contributed by atoms with Crippen LogP contribution in [0, 0.1) is 0 Å². The number of thiazole rings is 1. The van der Waals surface area contributed by atoms with Crippen LogP contribution < -0.4 is 5.32 Å². The van der Waals surface area contributed by atoms with Crippen molar-refractivity contribution in [1.29, 1.82) is 0 Å². The molecule has 1 aromatic heterocycles. The number of benzene rings is 1. The number of halogens is 1. The molecular weight excluding hydrogens is 248 g/mol. The molecule has 68 valence electrons. The molecule has 0 aliphatic heterocycles. The largest absolute Gasteiger partial charge is 0.314 e. The zero-order valence-corrected chi connectivity index (χ0v) is 9.58. The van der Waals surface area contributed by atoms with Gasteiger partial charge in [-0.1, -0.05) is 15.9 Å². The molecule has 1 N–H and O–H groups in total. The Morgan fingerprint density at radius 2 is 2.38 bits per heavy atom. The summed E-state index contributed by atoms with van der Waals surface area (Å²) in [5.74, 6) is 0. The van der Waals surface area contributed by atoms with Gasteiger partial charge in [0.1, 0.15) is 5.01 Å². The van der Waals surface area contributed by atoms with E-state index in [1.807, 2.05) is 19.2 Å². The number of hydrogen-bond donors (Lipinski definition) is 1. The molecule has 0 bridgehead atoms. The molecule has 0 atom stereocenters. The Morgan fingerprint density at radius 1 is 1.54 bits per heavy atom. The normalized spacial score (nSPS) is 10.9. The van der Waals surface area contributed by atoms with Crippen molar-refractivity contribution in [3.8, 4) is 0 Å². The highest BCUT2D eigenvalue weighted by atomic mass is 79.9. The number of aromatic nitrogens is 1. The summed E-state index contributed by atoms with van der Waals surface area (Å²) in [5, 5.41) is 4.23. The number of nitrogens with zero attached hydrogens (tertiary/aromatic N) is 1. The van der Waals surface area contributed by atoms with E-state index in [1.165, 1.54) is 4.70 Å². The molecule has 0 aliphatic carbocycles. The van der Waals surface area contributed by atoms with Crippen LogP contribution >= 0.6 is 27.3 Å². The van der Waals surface area contributed by atoms with Crippen LogP contribution in [0.25, 0.3) is 10.2 Å². The van der Waals surface area contributed by atoms with Crippen LogP contribution in [0.2, 0.25) is 0 Å². The second-order valence-corrected chi connectivity index (χ2v) is 4.78. The van der Waals surface area contributed by atoms with Crippen molar-refractivity contribution in [3.05, 3.63) is 27.7 Å². The molecule has 0 saturated carbocycles. The summed E-state index contributed by atoms with van der Waals surface area (Å²) in [6.45, 7) is 0.844. The molecule has 0 fully saturated rings. The van der Waals surface area contributed by atoms with Crippen molar-refractivity contribution >= 4 is 37.5 Å². The first-order valence-corrected chi connectivity index (χ1v) is 5.60. The van der Waals surface area contributed by atoms with E-state index in [1.54, 1.807) is 11.3 Å². The summed E-state index contributed by atoms with van der Waals surface area (Å²) in [6.07, 6.45) is 0. The van der Waals surface area contributed by atoms with Crippen molar-refractivity contribution in [2.24, 2.45) is 0 Å². The van der Waals surface area contributed by atoms with E-state index in [-0.39, 0.29) is 0 Å².